The molecule has 0 radical (unpaired) electrons. The first-order valence-electron chi connectivity index (χ1n) is 10.2. The van der Waals surface area contributed by atoms with Crippen molar-refractivity contribution in [2.75, 3.05) is 19.6 Å². The number of aromatic nitrogens is 1. The summed E-state index contributed by atoms with van der Waals surface area (Å²) in [7, 11) is 0. The number of piperidine rings is 1. The first kappa shape index (κ1) is 19.2. The Bertz CT molecular complexity index is 578. The van der Waals surface area contributed by atoms with Crippen molar-refractivity contribution < 1.29 is 9.32 Å². The van der Waals surface area contributed by atoms with E-state index in [9.17, 15) is 4.79 Å². The van der Waals surface area contributed by atoms with Gasteiger partial charge in [0, 0.05) is 24.7 Å². The van der Waals surface area contributed by atoms with Crippen LogP contribution in [0.2, 0.25) is 0 Å². The number of rotatable bonds is 4. The topological polar surface area (TPSA) is 61.6 Å². The van der Waals surface area contributed by atoms with Gasteiger partial charge in [0.25, 0.3) is 0 Å². The van der Waals surface area contributed by atoms with Crippen LogP contribution < -0.4 is 5.32 Å². The normalized spacial score (nSPS) is 23.2. The third-order valence-electron chi connectivity index (χ3n) is 5.70. The fourth-order valence-electron chi connectivity index (χ4n) is 4.41. The number of carbonyl (C=O) groups is 1. The van der Waals surface area contributed by atoms with Crippen molar-refractivity contribution in [3.8, 4) is 0 Å². The summed E-state index contributed by atoms with van der Waals surface area (Å²) < 4.78 is 5.36. The Labute approximate surface area is 157 Å². The zero-order valence-corrected chi connectivity index (χ0v) is 16.5. The molecule has 2 fully saturated rings. The molecule has 6 nitrogen and oxygen atoms in total. The highest BCUT2D eigenvalue weighted by molar-refractivity contribution is 5.74. The quantitative estimate of drug-likeness (QED) is 0.890. The van der Waals surface area contributed by atoms with E-state index in [-0.39, 0.29) is 12.1 Å². The van der Waals surface area contributed by atoms with Gasteiger partial charge in [0.1, 0.15) is 0 Å². The molecule has 1 atom stereocenters. The molecule has 6 heteroatoms. The Morgan fingerprint density at radius 2 is 2.00 bits per heavy atom. The highest BCUT2D eigenvalue weighted by atomic mass is 16.5. The van der Waals surface area contributed by atoms with Gasteiger partial charge in [0.05, 0.1) is 12.2 Å². The van der Waals surface area contributed by atoms with Gasteiger partial charge in [-0.25, -0.2) is 4.79 Å². The van der Waals surface area contributed by atoms with E-state index < -0.39 is 0 Å². The predicted octanol–water partition coefficient (Wildman–Crippen LogP) is 3.56. The van der Waals surface area contributed by atoms with E-state index in [1.54, 1.807) is 0 Å². The summed E-state index contributed by atoms with van der Waals surface area (Å²) in [6.45, 7) is 9.92. The molecule has 0 spiro atoms. The van der Waals surface area contributed by atoms with E-state index in [0.717, 1.165) is 63.3 Å². The number of urea groups is 1. The summed E-state index contributed by atoms with van der Waals surface area (Å²) in [4.78, 5) is 17.3. The van der Waals surface area contributed by atoms with Crippen LogP contribution in [0.1, 0.15) is 63.8 Å². The highest BCUT2D eigenvalue weighted by Gasteiger charge is 2.34. The average Bonchev–Trinajstić information content (AvgIpc) is 2.86. The van der Waals surface area contributed by atoms with Crippen molar-refractivity contribution in [2.45, 2.75) is 77.9 Å². The van der Waals surface area contributed by atoms with Crippen molar-refractivity contribution in [3.05, 3.63) is 17.5 Å². The molecule has 2 aliphatic rings. The zero-order chi connectivity index (χ0) is 18.5. The van der Waals surface area contributed by atoms with Gasteiger partial charge < -0.3 is 14.7 Å². The van der Waals surface area contributed by atoms with E-state index in [1.807, 2.05) is 26.8 Å². The number of nitrogens with one attached hydrogen (secondary N) is 1. The Balaban J connectivity index is 1.57. The van der Waals surface area contributed by atoms with Gasteiger partial charge in [-0.15, -0.1) is 0 Å². The van der Waals surface area contributed by atoms with Crippen LogP contribution in [0.15, 0.2) is 10.6 Å². The number of amides is 2. The smallest absolute Gasteiger partial charge is 0.317 e. The second-order valence-corrected chi connectivity index (χ2v) is 8.26. The molecule has 0 saturated carbocycles. The van der Waals surface area contributed by atoms with Crippen molar-refractivity contribution in [3.63, 3.8) is 0 Å². The molecule has 2 saturated heterocycles. The summed E-state index contributed by atoms with van der Waals surface area (Å²) in [5.74, 6) is 1.56. The van der Waals surface area contributed by atoms with E-state index in [2.05, 4.69) is 20.3 Å². The van der Waals surface area contributed by atoms with E-state index >= 15 is 0 Å². The van der Waals surface area contributed by atoms with Gasteiger partial charge in [-0.3, -0.25) is 4.90 Å². The molecule has 0 aromatic carbocycles. The van der Waals surface area contributed by atoms with Crippen molar-refractivity contribution in [2.24, 2.45) is 5.92 Å². The SMILES string of the molecule is Cc1cc(CN2CCC(C3CCCCCN3C(=O)NC(C)C)CC2)on1. The third kappa shape index (κ3) is 5.00. The number of hydrogen-bond acceptors (Lipinski definition) is 4. The number of hydrogen-bond donors (Lipinski definition) is 1. The maximum Gasteiger partial charge on any atom is 0.317 e. The molecular formula is C20H34N4O2. The van der Waals surface area contributed by atoms with Crippen molar-refractivity contribution >= 4 is 6.03 Å². The first-order valence-corrected chi connectivity index (χ1v) is 10.2. The minimum absolute atomic E-state index is 0.131. The van der Waals surface area contributed by atoms with E-state index in [4.69, 9.17) is 4.52 Å². The summed E-state index contributed by atoms with van der Waals surface area (Å²) in [5, 5.41) is 7.09. The second-order valence-electron chi connectivity index (χ2n) is 8.26. The lowest BCUT2D eigenvalue weighted by Gasteiger charge is -2.40. The van der Waals surface area contributed by atoms with Gasteiger partial charge in [-0.2, -0.15) is 0 Å². The fraction of sp³-hybridized carbons (Fsp3) is 0.800. The van der Waals surface area contributed by atoms with Gasteiger partial charge in [0.2, 0.25) is 0 Å². The van der Waals surface area contributed by atoms with E-state index in [1.165, 1.54) is 12.8 Å². The van der Waals surface area contributed by atoms with Crippen LogP contribution in [-0.2, 0) is 6.54 Å². The molecule has 0 aliphatic carbocycles. The number of carbonyl (C=O) groups excluding carboxylic acids is 1. The van der Waals surface area contributed by atoms with Gasteiger partial charge in [-0.05, 0) is 65.5 Å². The highest BCUT2D eigenvalue weighted by Crippen LogP contribution is 2.30. The Morgan fingerprint density at radius 3 is 2.65 bits per heavy atom. The number of aryl methyl sites for hydroxylation is 1. The molecule has 2 amide bonds. The fourth-order valence-corrected chi connectivity index (χ4v) is 4.41. The van der Waals surface area contributed by atoms with Crippen LogP contribution in [0.4, 0.5) is 4.79 Å². The molecule has 0 bridgehead atoms. The molecule has 146 valence electrons. The summed E-state index contributed by atoms with van der Waals surface area (Å²) in [5.41, 5.74) is 0.945. The Morgan fingerprint density at radius 1 is 1.23 bits per heavy atom. The second kappa shape index (κ2) is 8.89. The molecular weight excluding hydrogens is 328 g/mol. The van der Waals surface area contributed by atoms with Crippen LogP contribution in [0.3, 0.4) is 0 Å². The third-order valence-corrected chi connectivity index (χ3v) is 5.70. The summed E-state index contributed by atoms with van der Waals surface area (Å²) in [6.07, 6.45) is 7.08. The van der Waals surface area contributed by atoms with Crippen molar-refractivity contribution in [1.82, 2.24) is 20.3 Å². The minimum atomic E-state index is 0.131. The lowest BCUT2D eigenvalue weighted by Crippen LogP contribution is -2.52. The zero-order valence-electron chi connectivity index (χ0n) is 16.5. The number of nitrogens with zero attached hydrogens (tertiary/aromatic N) is 3. The molecule has 3 rings (SSSR count). The van der Waals surface area contributed by atoms with Crippen LogP contribution in [0.5, 0.6) is 0 Å². The lowest BCUT2D eigenvalue weighted by atomic mass is 9.86. The van der Waals surface area contributed by atoms with Crippen molar-refractivity contribution in [1.29, 1.82) is 0 Å². The molecule has 3 heterocycles. The maximum atomic E-state index is 12.7. The summed E-state index contributed by atoms with van der Waals surface area (Å²) >= 11 is 0. The molecule has 26 heavy (non-hydrogen) atoms. The molecule has 1 aromatic heterocycles. The monoisotopic (exact) mass is 362 g/mol. The van der Waals surface area contributed by atoms with Gasteiger partial charge >= 0.3 is 6.03 Å². The molecule has 1 aromatic rings. The Hall–Kier alpha value is -1.56. The van der Waals surface area contributed by atoms with Crippen LogP contribution in [0.25, 0.3) is 0 Å². The minimum Gasteiger partial charge on any atom is -0.360 e. The Kier molecular flexibility index (Phi) is 6.57. The summed E-state index contributed by atoms with van der Waals surface area (Å²) in [6, 6.07) is 2.74. The lowest BCUT2D eigenvalue weighted by molar-refractivity contribution is 0.0935. The van der Waals surface area contributed by atoms with Crippen LogP contribution in [0, 0.1) is 12.8 Å². The predicted molar refractivity (Wildman–Crippen MR) is 102 cm³/mol. The van der Waals surface area contributed by atoms with Crippen LogP contribution in [-0.4, -0.2) is 52.7 Å². The largest absolute Gasteiger partial charge is 0.360 e. The average molecular weight is 363 g/mol. The number of likely N-dealkylation sites (tertiary alicyclic amines) is 2. The molecule has 1 unspecified atom stereocenters. The molecule has 2 aliphatic heterocycles. The molecule has 1 N–H and O–H groups in total. The van der Waals surface area contributed by atoms with E-state index in [0.29, 0.717) is 12.0 Å². The van der Waals surface area contributed by atoms with Gasteiger partial charge in [-0.1, -0.05) is 18.0 Å². The maximum absolute atomic E-state index is 12.7. The van der Waals surface area contributed by atoms with Crippen LogP contribution >= 0.6 is 0 Å². The standard InChI is InChI=1S/C20H34N4O2/c1-15(2)21-20(25)24-10-6-4-5-7-19(24)17-8-11-23(12-9-17)14-18-13-16(3)22-26-18/h13,15,17,19H,4-12,14H2,1-3H3,(H,21,25). The van der Waals surface area contributed by atoms with Gasteiger partial charge in [0.15, 0.2) is 5.76 Å². The first-order chi connectivity index (χ1) is 12.5.